The van der Waals surface area contributed by atoms with Gasteiger partial charge in [0.05, 0.1) is 18.8 Å². The molecule has 6 heteroatoms. The summed E-state index contributed by atoms with van der Waals surface area (Å²) >= 11 is 5.95. The number of carbonyl (C=O) groups is 1. The Morgan fingerprint density at radius 3 is 2.85 bits per heavy atom. The van der Waals surface area contributed by atoms with Crippen LogP contribution in [0.25, 0.3) is 0 Å². The molecule has 0 unspecified atom stereocenters. The second kappa shape index (κ2) is 7.55. The number of carbonyl (C=O) groups excluding carboxylic acids is 1. The van der Waals surface area contributed by atoms with Gasteiger partial charge in [0, 0.05) is 11.6 Å². The van der Waals surface area contributed by atoms with Crippen LogP contribution in [0.4, 0.5) is 0 Å². The molecule has 5 nitrogen and oxygen atoms in total. The van der Waals surface area contributed by atoms with Crippen LogP contribution in [0.15, 0.2) is 54.6 Å². The Labute approximate surface area is 162 Å². The van der Waals surface area contributed by atoms with Gasteiger partial charge in [-0.3, -0.25) is 9.48 Å². The first-order valence-corrected chi connectivity index (χ1v) is 9.24. The van der Waals surface area contributed by atoms with Crippen LogP contribution < -0.4 is 5.32 Å². The highest BCUT2D eigenvalue weighted by Gasteiger charge is 2.24. The molecule has 0 bridgehead atoms. The fourth-order valence-electron chi connectivity index (χ4n) is 3.21. The summed E-state index contributed by atoms with van der Waals surface area (Å²) in [5, 5.41) is 8.10. The number of rotatable bonds is 4. The maximum absolute atomic E-state index is 12.5. The summed E-state index contributed by atoms with van der Waals surface area (Å²) in [5.74, 6) is -0.179. The normalized spacial score (nSPS) is 16.0. The number of ether oxygens (including phenoxy) is 1. The molecule has 0 fully saturated rings. The Hall–Kier alpha value is -2.63. The van der Waals surface area contributed by atoms with E-state index in [1.165, 1.54) is 5.56 Å². The topological polar surface area (TPSA) is 56.2 Å². The zero-order valence-electron chi connectivity index (χ0n) is 15.0. The highest BCUT2D eigenvalue weighted by atomic mass is 35.5. The molecule has 1 aromatic heterocycles. The molecule has 1 atom stereocenters. The minimum absolute atomic E-state index is 0.0992. The summed E-state index contributed by atoms with van der Waals surface area (Å²) in [7, 11) is 0. The van der Waals surface area contributed by atoms with E-state index in [1.807, 2.05) is 54.1 Å². The molecule has 27 heavy (non-hydrogen) atoms. The molecule has 1 aliphatic heterocycles. The van der Waals surface area contributed by atoms with Gasteiger partial charge in [0.15, 0.2) is 5.69 Å². The van der Waals surface area contributed by atoms with Gasteiger partial charge in [0.1, 0.15) is 6.10 Å². The SMILES string of the molecule is Cc1cccc(CNC(=O)c2cc3n(n2)C[C@H](c2ccc(Cl)cc2)OC3)c1. The van der Waals surface area contributed by atoms with Crippen LogP contribution in [0, 0.1) is 6.92 Å². The lowest BCUT2D eigenvalue weighted by molar-refractivity contribution is -0.00119. The van der Waals surface area contributed by atoms with Crippen LogP contribution >= 0.6 is 11.6 Å². The summed E-state index contributed by atoms with van der Waals surface area (Å²) < 4.78 is 7.78. The fourth-order valence-corrected chi connectivity index (χ4v) is 3.34. The first kappa shape index (κ1) is 17.8. The predicted molar refractivity (Wildman–Crippen MR) is 104 cm³/mol. The molecule has 0 spiro atoms. The number of halogens is 1. The average molecular weight is 382 g/mol. The van der Waals surface area contributed by atoms with Gasteiger partial charge in [-0.2, -0.15) is 5.10 Å². The number of benzene rings is 2. The number of fused-ring (bicyclic) bond motifs is 1. The van der Waals surface area contributed by atoms with Gasteiger partial charge in [0.25, 0.3) is 5.91 Å². The number of hydrogen-bond donors (Lipinski definition) is 1. The number of amides is 1. The van der Waals surface area contributed by atoms with Crippen molar-refractivity contribution in [2.75, 3.05) is 0 Å². The van der Waals surface area contributed by atoms with Gasteiger partial charge < -0.3 is 10.1 Å². The second-order valence-electron chi connectivity index (χ2n) is 6.73. The van der Waals surface area contributed by atoms with E-state index in [0.717, 1.165) is 16.8 Å². The van der Waals surface area contributed by atoms with E-state index in [9.17, 15) is 4.79 Å². The third-order valence-electron chi connectivity index (χ3n) is 4.64. The van der Waals surface area contributed by atoms with Gasteiger partial charge in [-0.1, -0.05) is 53.6 Å². The van der Waals surface area contributed by atoms with Gasteiger partial charge in [-0.25, -0.2) is 0 Å². The molecule has 1 amide bonds. The van der Waals surface area contributed by atoms with E-state index < -0.39 is 0 Å². The van der Waals surface area contributed by atoms with Crippen molar-refractivity contribution in [2.45, 2.75) is 32.7 Å². The number of aromatic nitrogens is 2. The summed E-state index contributed by atoms with van der Waals surface area (Å²) in [6.07, 6.45) is -0.0992. The Morgan fingerprint density at radius 2 is 2.07 bits per heavy atom. The van der Waals surface area contributed by atoms with Gasteiger partial charge in [-0.15, -0.1) is 0 Å². The molecule has 1 aliphatic rings. The summed E-state index contributed by atoms with van der Waals surface area (Å²) in [5.41, 5.74) is 4.60. The van der Waals surface area contributed by atoms with Crippen molar-refractivity contribution in [3.05, 3.63) is 87.7 Å². The summed E-state index contributed by atoms with van der Waals surface area (Å²) in [4.78, 5) is 12.5. The number of aryl methyl sites for hydroxylation is 1. The maximum Gasteiger partial charge on any atom is 0.272 e. The van der Waals surface area contributed by atoms with Gasteiger partial charge in [0.2, 0.25) is 0 Å². The van der Waals surface area contributed by atoms with Crippen LogP contribution in [0.5, 0.6) is 0 Å². The molecule has 0 saturated carbocycles. The Morgan fingerprint density at radius 1 is 1.26 bits per heavy atom. The molecule has 2 aromatic carbocycles. The van der Waals surface area contributed by atoms with Crippen LogP contribution in [-0.2, 0) is 24.4 Å². The molecule has 0 radical (unpaired) electrons. The first-order valence-electron chi connectivity index (χ1n) is 8.86. The molecule has 138 valence electrons. The van der Waals surface area contributed by atoms with Crippen LogP contribution in [0.3, 0.4) is 0 Å². The highest BCUT2D eigenvalue weighted by Crippen LogP contribution is 2.27. The molecule has 2 heterocycles. The number of nitrogens with one attached hydrogen (secondary N) is 1. The zero-order chi connectivity index (χ0) is 18.8. The van der Waals surface area contributed by atoms with Crippen molar-refractivity contribution in [1.82, 2.24) is 15.1 Å². The van der Waals surface area contributed by atoms with E-state index >= 15 is 0 Å². The zero-order valence-corrected chi connectivity index (χ0v) is 15.7. The lowest BCUT2D eigenvalue weighted by atomic mass is 10.1. The molecule has 4 rings (SSSR count). The van der Waals surface area contributed by atoms with Crippen molar-refractivity contribution in [3.8, 4) is 0 Å². The molecular formula is C21H20ClN3O2. The molecule has 0 aliphatic carbocycles. The molecule has 0 saturated heterocycles. The van der Waals surface area contributed by atoms with E-state index in [4.69, 9.17) is 16.3 Å². The lowest BCUT2D eigenvalue weighted by Crippen LogP contribution is -2.24. The van der Waals surface area contributed by atoms with Crippen LogP contribution in [-0.4, -0.2) is 15.7 Å². The van der Waals surface area contributed by atoms with Gasteiger partial charge >= 0.3 is 0 Å². The smallest absolute Gasteiger partial charge is 0.272 e. The summed E-state index contributed by atoms with van der Waals surface area (Å²) in [6.45, 7) is 3.51. The minimum atomic E-state index is -0.179. The fraction of sp³-hybridized carbons (Fsp3) is 0.238. The number of hydrogen-bond acceptors (Lipinski definition) is 3. The minimum Gasteiger partial charge on any atom is -0.365 e. The largest absolute Gasteiger partial charge is 0.365 e. The van der Waals surface area contributed by atoms with E-state index in [1.54, 1.807) is 6.07 Å². The lowest BCUT2D eigenvalue weighted by Gasteiger charge is -2.24. The van der Waals surface area contributed by atoms with E-state index in [-0.39, 0.29) is 12.0 Å². The second-order valence-corrected chi connectivity index (χ2v) is 7.16. The monoisotopic (exact) mass is 381 g/mol. The van der Waals surface area contributed by atoms with Crippen LogP contribution in [0.2, 0.25) is 5.02 Å². The molecular weight excluding hydrogens is 362 g/mol. The van der Waals surface area contributed by atoms with Gasteiger partial charge in [-0.05, 0) is 36.2 Å². The third kappa shape index (κ3) is 4.04. The molecule has 1 N–H and O–H groups in total. The Kier molecular flexibility index (Phi) is 4.97. The van der Waals surface area contributed by atoms with Crippen molar-refractivity contribution < 1.29 is 9.53 Å². The maximum atomic E-state index is 12.5. The van der Waals surface area contributed by atoms with Crippen LogP contribution in [0.1, 0.15) is 39.0 Å². The molecule has 3 aromatic rings. The van der Waals surface area contributed by atoms with E-state index in [0.29, 0.717) is 30.4 Å². The average Bonchev–Trinajstić information content (AvgIpc) is 3.10. The standard InChI is InChI=1S/C21H20ClN3O2/c1-14-3-2-4-15(9-14)11-23-21(26)19-10-18-13-27-20(12-25(18)24-19)16-5-7-17(22)8-6-16/h2-10,20H,11-13H2,1H3,(H,23,26)/t20-/m1/s1. The predicted octanol–water partition coefficient (Wildman–Crippen LogP) is 4.05. The van der Waals surface area contributed by atoms with Crippen molar-refractivity contribution in [1.29, 1.82) is 0 Å². The quantitative estimate of drug-likeness (QED) is 0.741. The van der Waals surface area contributed by atoms with Crippen molar-refractivity contribution in [3.63, 3.8) is 0 Å². The van der Waals surface area contributed by atoms with Crippen molar-refractivity contribution >= 4 is 17.5 Å². The van der Waals surface area contributed by atoms with Crippen molar-refractivity contribution in [2.24, 2.45) is 0 Å². The summed E-state index contributed by atoms with van der Waals surface area (Å²) in [6, 6.07) is 17.5. The highest BCUT2D eigenvalue weighted by molar-refractivity contribution is 6.30. The first-order chi connectivity index (χ1) is 13.1. The van der Waals surface area contributed by atoms with E-state index in [2.05, 4.69) is 16.5 Å². The Bertz CT molecular complexity index is 966. The third-order valence-corrected chi connectivity index (χ3v) is 4.90. The number of nitrogens with zero attached hydrogens (tertiary/aromatic N) is 2. The Balaban J connectivity index is 1.43.